The molecule has 0 aliphatic carbocycles. The number of alkyl halides is 3. The van der Waals surface area contributed by atoms with Crippen LogP contribution < -0.4 is 5.32 Å². The van der Waals surface area contributed by atoms with Gasteiger partial charge in [-0.2, -0.15) is 18.4 Å². The highest BCUT2D eigenvalue weighted by molar-refractivity contribution is 6.06. The smallest absolute Gasteiger partial charge is 0.417 e. The van der Waals surface area contributed by atoms with Crippen LogP contribution in [0.3, 0.4) is 0 Å². The number of hydrogen-bond donors (Lipinski definition) is 2. The van der Waals surface area contributed by atoms with Gasteiger partial charge in [-0.05, 0) is 24.3 Å². The fraction of sp³-hybridized carbons (Fsp3) is 0.0667. The summed E-state index contributed by atoms with van der Waals surface area (Å²) >= 11 is 0. The summed E-state index contributed by atoms with van der Waals surface area (Å²) in [5, 5.41) is 31.1. The van der Waals surface area contributed by atoms with Crippen molar-refractivity contribution in [1.29, 1.82) is 5.26 Å². The zero-order valence-electron chi connectivity index (χ0n) is 12.2. The molecule has 2 rings (SSSR count). The number of phenolic OH excluding ortho intramolecular Hbond substituents is 1. The third-order valence-corrected chi connectivity index (χ3v) is 3.14. The molecule has 1 amide bonds. The zero-order valence-corrected chi connectivity index (χ0v) is 12.2. The van der Waals surface area contributed by atoms with Gasteiger partial charge >= 0.3 is 6.18 Å². The van der Waals surface area contributed by atoms with E-state index in [1.54, 1.807) is 0 Å². The molecular weight excluding hydrogens is 343 g/mol. The monoisotopic (exact) mass is 351 g/mol. The van der Waals surface area contributed by atoms with Gasteiger partial charge in [0.15, 0.2) is 0 Å². The molecule has 2 N–H and O–H groups in total. The molecule has 0 unspecified atom stereocenters. The largest absolute Gasteiger partial charge is 0.507 e. The molecule has 25 heavy (non-hydrogen) atoms. The number of amides is 1. The normalized spacial score (nSPS) is 10.8. The van der Waals surface area contributed by atoms with E-state index in [4.69, 9.17) is 5.26 Å². The van der Waals surface area contributed by atoms with Gasteiger partial charge in [-0.3, -0.25) is 14.9 Å². The zero-order chi connectivity index (χ0) is 18.8. The van der Waals surface area contributed by atoms with Crippen molar-refractivity contribution in [3.63, 3.8) is 0 Å². The molecule has 128 valence electrons. The van der Waals surface area contributed by atoms with E-state index in [1.807, 2.05) is 0 Å². The number of nitrogens with zero attached hydrogens (tertiary/aromatic N) is 2. The van der Waals surface area contributed by atoms with Gasteiger partial charge in [-0.1, -0.05) is 0 Å². The van der Waals surface area contributed by atoms with Crippen LogP contribution in [0.2, 0.25) is 0 Å². The second-order valence-electron chi connectivity index (χ2n) is 4.78. The number of nitro groups is 1. The molecule has 2 aromatic carbocycles. The first-order chi connectivity index (χ1) is 11.6. The molecule has 0 aliphatic heterocycles. The first kappa shape index (κ1) is 17.7. The first-order valence-electron chi connectivity index (χ1n) is 6.53. The van der Waals surface area contributed by atoms with Gasteiger partial charge in [0.1, 0.15) is 5.75 Å². The summed E-state index contributed by atoms with van der Waals surface area (Å²) < 4.78 is 38.7. The Labute approximate surface area is 138 Å². The van der Waals surface area contributed by atoms with Gasteiger partial charge in [0, 0.05) is 17.8 Å². The molecule has 0 spiro atoms. The van der Waals surface area contributed by atoms with E-state index in [1.165, 1.54) is 6.07 Å². The standard InChI is InChI=1S/C15H8F3N3O4/c16-15(17,18)12-5-9(2-1-8(12)7-19)20-14(23)11-6-10(21(24)25)3-4-13(11)22/h1-6,22H,(H,20,23). The second kappa shape index (κ2) is 6.48. The molecule has 2 aromatic rings. The Morgan fingerprint density at radius 3 is 2.48 bits per heavy atom. The Balaban J connectivity index is 2.38. The number of rotatable bonds is 3. The Morgan fingerprint density at radius 2 is 1.92 bits per heavy atom. The first-order valence-corrected chi connectivity index (χ1v) is 6.53. The molecule has 0 saturated heterocycles. The summed E-state index contributed by atoms with van der Waals surface area (Å²) in [5.41, 5.74) is -3.10. The fourth-order valence-electron chi connectivity index (χ4n) is 1.97. The van der Waals surface area contributed by atoms with Gasteiger partial charge < -0.3 is 10.4 Å². The SMILES string of the molecule is N#Cc1ccc(NC(=O)c2cc([N+](=O)[O-])ccc2O)cc1C(F)(F)F. The van der Waals surface area contributed by atoms with E-state index in [9.17, 15) is 33.2 Å². The summed E-state index contributed by atoms with van der Waals surface area (Å²) in [7, 11) is 0. The van der Waals surface area contributed by atoms with Crippen LogP contribution in [0.1, 0.15) is 21.5 Å². The minimum atomic E-state index is -4.81. The number of halogens is 3. The summed E-state index contributed by atoms with van der Waals surface area (Å²) in [6, 6.07) is 6.59. The van der Waals surface area contributed by atoms with Crippen molar-refractivity contribution in [2.45, 2.75) is 6.18 Å². The molecule has 0 aliphatic rings. The number of aromatic hydroxyl groups is 1. The number of non-ortho nitro benzene ring substituents is 1. The number of hydrogen-bond acceptors (Lipinski definition) is 5. The summed E-state index contributed by atoms with van der Waals surface area (Å²) in [6.45, 7) is 0. The van der Waals surface area contributed by atoms with Crippen molar-refractivity contribution in [2.75, 3.05) is 5.32 Å². The van der Waals surface area contributed by atoms with Gasteiger partial charge in [-0.25, -0.2) is 0 Å². The van der Waals surface area contributed by atoms with Crippen molar-refractivity contribution in [1.82, 2.24) is 0 Å². The molecule has 0 saturated carbocycles. The molecular formula is C15H8F3N3O4. The maximum absolute atomic E-state index is 12.9. The minimum absolute atomic E-state index is 0.290. The Morgan fingerprint density at radius 1 is 1.24 bits per heavy atom. The third-order valence-electron chi connectivity index (χ3n) is 3.14. The van der Waals surface area contributed by atoms with E-state index < -0.39 is 45.1 Å². The van der Waals surface area contributed by atoms with Crippen molar-refractivity contribution >= 4 is 17.3 Å². The van der Waals surface area contributed by atoms with E-state index in [0.29, 0.717) is 6.07 Å². The molecule has 7 nitrogen and oxygen atoms in total. The van der Waals surface area contributed by atoms with Crippen molar-refractivity contribution < 1.29 is 28.0 Å². The lowest BCUT2D eigenvalue weighted by atomic mass is 10.1. The van der Waals surface area contributed by atoms with Gasteiger partial charge in [0.05, 0.1) is 27.7 Å². The number of nitrogens with one attached hydrogen (secondary N) is 1. The van der Waals surface area contributed by atoms with Gasteiger partial charge in [0.2, 0.25) is 0 Å². The maximum atomic E-state index is 12.9. The highest BCUT2D eigenvalue weighted by Crippen LogP contribution is 2.34. The van der Waals surface area contributed by atoms with Crippen LogP contribution in [0, 0.1) is 21.4 Å². The number of carbonyl (C=O) groups is 1. The Kier molecular flexibility index (Phi) is 4.60. The van der Waals surface area contributed by atoms with Crippen LogP contribution in [0.5, 0.6) is 5.75 Å². The van der Waals surface area contributed by atoms with E-state index in [0.717, 1.165) is 30.3 Å². The quantitative estimate of drug-likeness (QED) is 0.649. The molecule has 0 heterocycles. The number of carbonyl (C=O) groups excluding carboxylic acids is 1. The molecule has 0 aromatic heterocycles. The van der Waals surface area contributed by atoms with Crippen molar-refractivity contribution in [2.24, 2.45) is 0 Å². The predicted molar refractivity (Wildman–Crippen MR) is 78.9 cm³/mol. The molecule has 0 atom stereocenters. The number of nitriles is 1. The van der Waals surface area contributed by atoms with Gasteiger partial charge in [0.25, 0.3) is 11.6 Å². The summed E-state index contributed by atoms with van der Waals surface area (Å²) in [4.78, 5) is 22.0. The van der Waals surface area contributed by atoms with Crippen molar-refractivity contribution in [3.05, 3.63) is 63.2 Å². The minimum Gasteiger partial charge on any atom is -0.507 e. The van der Waals surface area contributed by atoms with E-state index >= 15 is 0 Å². The molecule has 10 heteroatoms. The lowest BCUT2D eigenvalue weighted by molar-refractivity contribution is -0.384. The number of phenols is 1. The summed E-state index contributed by atoms with van der Waals surface area (Å²) in [5.74, 6) is -1.62. The number of benzene rings is 2. The van der Waals surface area contributed by atoms with E-state index in [2.05, 4.69) is 5.32 Å². The molecule has 0 fully saturated rings. The summed E-state index contributed by atoms with van der Waals surface area (Å²) in [6.07, 6.45) is -4.81. The van der Waals surface area contributed by atoms with Crippen LogP contribution in [-0.4, -0.2) is 15.9 Å². The van der Waals surface area contributed by atoms with Crippen LogP contribution in [-0.2, 0) is 6.18 Å². The Bertz CT molecular complexity index is 904. The van der Waals surface area contributed by atoms with Crippen molar-refractivity contribution in [3.8, 4) is 11.8 Å². The van der Waals surface area contributed by atoms with Crippen LogP contribution in [0.15, 0.2) is 36.4 Å². The molecule has 0 radical (unpaired) electrons. The lowest BCUT2D eigenvalue weighted by Gasteiger charge is -2.12. The topological polar surface area (TPSA) is 116 Å². The highest BCUT2D eigenvalue weighted by Gasteiger charge is 2.34. The molecule has 0 bridgehead atoms. The predicted octanol–water partition coefficient (Wildman–Crippen LogP) is 3.44. The second-order valence-corrected chi connectivity index (χ2v) is 4.78. The van der Waals surface area contributed by atoms with Gasteiger partial charge in [-0.15, -0.1) is 0 Å². The number of anilines is 1. The van der Waals surface area contributed by atoms with E-state index in [-0.39, 0.29) is 5.69 Å². The highest BCUT2D eigenvalue weighted by atomic mass is 19.4. The van der Waals surface area contributed by atoms with Crippen LogP contribution in [0.25, 0.3) is 0 Å². The third kappa shape index (κ3) is 3.84. The number of nitro benzene ring substituents is 1. The maximum Gasteiger partial charge on any atom is 0.417 e. The fourth-order valence-corrected chi connectivity index (χ4v) is 1.97. The van der Waals surface area contributed by atoms with Crippen LogP contribution >= 0.6 is 0 Å². The average molecular weight is 351 g/mol. The lowest BCUT2D eigenvalue weighted by Crippen LogP contribution is -2.14. The average Bonchev–Trinajstić information content (AvgIpc) is 2.54. The Hall–Kier alpha value is -3.61. The van der Waals surface area contributed by atoms with Crippen LogP contribution in [0.4, 0.5) is 24.5 Å².